The van der Waals surface area contributed by atoms with Gasteiger partial charge in [-0.2, -0.15) is 5.10 Å². The van der Waals surface area contributed by atoms with Gasteiger partial charge >= 0.3 is 6.03 Å². The van der Waals surface area contributed by atoms with Crippen LogP contribution in [0.3, 0.4) is 0 Å². The number of aryl methyl sites for hydroxylation is 2. The molecule has 8 nitrogen and oxygen atoms in total. The Morgan fingerprint density at radius 1 is 1.04 bits per heavy atom. The molecule has 3 N–H and O–H groups in total. The zero-order valence-electron chi connectivity index (χ0n) is 14.7. The van der Waals surface area contributed by atoms with E-state index in [0.29, 0.717) is 24.7 Å². The molecule has 3 rings (SSSR count). The molecule has 2 amide bonds. The molecule has 2 heterocycles. The van der Waals surface area contributed by atoms with Crippen molar-refractivity contribution in [2.75, 3.05) is 23.7 Å². The predicted octanol–water partition coefficient (Wildman–Crippen LogP) is 2.51. The molecule has 0 unspecified atom stereocenters. The number of hydrogen-bond acceptors (Lipinski definition) is 5. The second-order valence-corrected chi connectivity index (χ2v) is 5.80. The largest absolute Gasteiger partial charge is 0.367 e. The van der Waals surface area contributed by atoms with Crippen molar-refractivity contribution in [2.24, 2.45) is 0 Å². The minimum Gasteiger partial charge on any atom is -0.367 e. The highest BCUT2D eigenvalue weighted by molar-refractivity contribution is 5.90. The number of urea groups is 1. The second-order valence-electron chi connectivity index (χ2n) is 5.80. The van der Waals surface area contributed by atoms with E-state index >= 15 is 0 Å². The summed E-state index contributed by atoms with van der Waals surface area (Å²) in [5.41, 5.74) is 2.74. The molecule has 0 spiro atoms. The lowest BCUT2D eigenvalue weighted by Crippen LogP contribution is -2.32. The third kappa shape index (κ3) is 4.56. The highest BCUT2D eigenvalue weighted by atomic mass is 16.2. The number of hydrogen-bond donors (Lipinski definition) is 3. The molecule has 26 heavy (non-hydrogen) atoms. The lowest BCUT2D eigenvalue weighted by molar-refractivity contribution is 0.252. The smallest absolute Gasteiger partial charge is 0.319 e. The Hall–Kier alpha value is -3.42. The van der Waals surface area contributed by atoms with E-state index in [4.69, 9.17) is 0 Å². The van der Waals surface area contributed by atoms with E-state index in [2.05, 4.69) is 31.2 Å². The van der Waals surface area contributed by atoms with Crippen LogP contribution in [0.15, 0.2) is 48.7 Å². The highest BCUT2D eigenvalue weighted by Crippen LogP contribution is 2.12. The second kappa shape index (κ2) is 8.11. The monoisotopic (exact) mass is 351 g/mol. The summed E-state index contributed by atoms with van der Waals surface area (Å²) in [7, 11) is 0. The van der Waals surface area contributed by atoms with E-state index in [1.165, 1.54) is 0 Å². The van der Waals surface area contributed by atoms with E-state index in [0.717, 1.165) is 16.9 Å². The average molecular weight is 351 g/mol. The van der Waals surface area contributed by atoms with E-state index in [9.17, 15) is 4.79 Å². The number of nitrogens with one attached hydrogen (secondary N) is 3. The van der Waals surface area contributed by atoms with Gasteiger partial charge in [-0.1, -0.05) is 18.2 Å². The average Bonchev–Trinajstić information content (AvgIpc) is 3.08. The van der Waals surface area contributed by atoms with Crippen LogP contribution < -0.4 is 16.0 Å². The Morgan fingerprint density at radius 3 is 2.58 bits per heavy atom. The first-order chi connectivity index (χ1) is 12.6. The minimum atomic E-state index is -0.239. The Bertz CT molecular complexity index is 873. The third-order valence-electron chi connectivity index (χ3n) is 3.72. The SMILES string of the molecule is Cc1ccn(-c2ccc(NCCNC(=O)Nc3ccccc3C)nn2)n1. The zero-order chi connectivity index (χ0) is 18.4. The van der Waals surface area contributed by atoms with Crippen LogP contribution >= 0.6 is 0 Å². The third-order valence-corrected chi connectivity index (χ3v) is 3.72. The molecular formula is C18H21N7O. The first-order valence-corrected chi connectivity index (χ1v) is 8.32. The summed E-state index contributed by atoms with van der Waals surface area (Å²) in [5, 5.41) is 21.3. The quantitative estimate of drug-likeness (QED) is 0.593. The van der Waals surface area contributed by atoms with Crippen molar-refractivity contribution in [3.63, 3.8) is 0 Å². The van der Waals surface area contributed by atoms with Crippen molar-refractivity contribution in [3.8, 4) is 5.82 Å². The van der Waals surface area contributed by atoms with Gasteiger partial charge < -0.3 is 16.0 Å². The molecule has 3 aromatic rings. The maximum Gasteiger partial charge on any atom is 0.319 e. The maximum atomic E-state index is 11.9. The maximum absolute atomic E-state index is 11.9. The number of aromatic nitrogens is 4. The molecule has 0 saturated carbocycles. The topological polar surface area (TPSA) is 96.8 Å². The molecule has 8 heteroatoms. The Morgan fingerprint density at radius 2 is 1.88 bits per heavy atom. The van der Waals surface area contributed by atoms with Gasteiger partial charge in [0.25, 0.3) is 0 Å². The van der Waals surface area contributed by atoms with Gasteiger partial charge in [0.2, 0.25) is 0 Å². The first-order valence-electron chi connectivity index (χ1n) is 8.32. The van der Waals surface area contributed by atoms with Crippen LogP contribution in [0.4, 0.5) is 16.3 Å². The molecule has 0 radical (unpaired) electrons. The van der Waals surface area contributed by atoms with Gasteiger partial charge in [0.05, 0.1) is 5.69 Å². The molecule has 0 aliphatic heterocycles. The van der Waals surface area contributed by atoms with Crippen LogP contribution in [0.5, 0.6) is 0 Å². The van der Waals surface area contributed by atoms with E-state index in [-0.39, 0.29) is 6.03 Å². The van der Waals surface area contributed by atoms with Crippen LogP contribution in [0, 0.1) is 13.8 Å². The molecule has 0 saturated heterocycles. The van der Waals surface area contributed by atoms with E-state index in [1.807, 2.05) is 62.5 Å². The number of anilines is 2. The van der Waals surface area contributed by atoms with Crippen molar-refractivity contribution in [3.05, 3.63) is 59.9 Å². The van der Waals surface area contributed by atoms with Gasteiger partial charge in [0, 0.05) is 25.0 Å². The molecule has 1 aromatic carbocycles. The molecule has 0 aliphatic rings. The van der Waals surface area contributed by atoms with Gasteiger partial charge in [0.15, 0.2) is 5.82 Å². The molecule has 0 bridgehead atoms. The van der Waals surface area contributed by atoms with Gasteiger partial charge in [-0.05, 0) is 43.7 Å². The van der Waals surface area contributed by atoms with Gasteiger partial charge in [-0.15, -0.1) is 10.2 Å². The number of rotatable bonds is 6. The zero-order valence-corrected chi connectivity index (χ0v) is 14.7. The summed E-state index contributed by atoms with van der Waals surface area (Å²) < 4.78 is 1.67. The van der Waals surface area contributed by atoms with Gasteiger partial charge in [-0.25, -0.2) is 9.48 Å². The summed E-state index contributed by atoms with van der Waals surface area (Å²) >= 11 is 0. The number of benzene rings is 1. The molecule has 0 aliphatic carbocycles. The lowest BCUT2D eigenvalue weighted by atomic mass is 10.2. The summed E-state index contributed by atoms with van der Waals surface area (Å²) in [6, 6.07) is 13.0. The van der Waals surface area contributed by atoms with Crippen molar-refractivity contribution in [2.45, 2.75) is 13.8 Å². The molecule has 0 atom stereocenters. The molecular weight excluding hydrogens is 330 g/mol. The number of nitrogens with zero attached hydrogens (tertiary/aromatic N) is 4. The van der Waals surface area contributed by atoms with Crippen molar-refractivity contribution < 1.29 is 4.79 Å². The summed E-state index contributed by atoms with van der Waals surface area (Å²) in [6.45, 7) is 4.86. The summed E-state index contributed by atoms with van der Waals surface area (Å²) in [4.78, 5) is 11.9. The van der Waals surface area contributed by atoms with Crippen molar-refractivity contribution in [1.29, 1.82) is 0 Å². The number of para-hydroxylation sites is 1. The fourth-order valence-electron chi connectivity index (χ4n) is 2.33. The summed E-state index contributed by atoms with van der Waals surface area (Å²) in [6.07, 6.45) is 1.84. The molecule has 134 valence electrons. The number of carbonyl (C=O) groups excluding carboxylic acids is 1. The van der Waals surface area contributed by atoms with Crippen LogP contribution in [0.2, 0.25) is 0 Å². The summed E-state index contributed by atoms with van der Waals surface area (Å²) in [5.74, 6) is 1.29. The van der Waals surface area contributed by atoms with Crippen LogP contribution in [0.25, 0.3) is 5.82 Å². The van der Waals surface area contributed by atoms with Gasteiger partial charge in [0.1, 0.15) is 5.82 Å². The van der Waals surface area contributed by atoms with E-state index < -0.39 is 0 Å². The number of amides is 2. The minimum absolute atomic E-state index is 0.239. The standard InChI is InChI=1S/C18H21N7O/c1-13-5-3-4-6-15(13)21-18(26)20-11-10-19-16-7-8-17(23-22-16)25-12-9-14(2)24-25/h3-9,12H,10-11H2,1-2H3,(H,19,22)(H2,20,21,26). The normalized spacial score (nSPS) is 10.4. The fourth-order valence-corrected chi connectivity index (χ4v) is 2.33. The highest BCUT2D eigenvalue weighted by Gasteiger charge is 2.04. The predicted molar refractivity (Wildman–Crippen MR) is 101 cm³/mol. The molecule has 0 fully saturated rings. The first kappa shape index (κ1) is 17.4. The molecule has 2 aromatic heterocycles. The Labute approximate surface area is 151 Å². The van der Waals surface area contributed by atoms with E-state index in [1.54, 1.807) is 4.68 Å². The van der Waals surface area contributed by atoms with Crippen LogP contribution in [0.1, 0.15) is 11.3 Å². The van der Waals surface area contributed by atoms with Crippen molar-refractivity contribution >= 4 is 17.5 Å². The number of carbonyl (C=O) groups is 1. The van der Waals surface area contributed by atoms with Crippen molar-refractivity contribution in [1.82, 2.24) is 25.3 Å². The Kier molecular flexibility index (Phi) is 5.43. The Balaban J connectivity index is 1.42. The lowest BCUT2D eigenvalue weighted by Gasteiger charge is -2.10. The van der Waals surface area contributed by atoms with Gasteiger partial charge in [-0.3, -0.25) is 0 Å². The van der Waals surface area contributed by atoms with Crippen LogP contribution in [-0.4, -0.2) is 39.1 Å². The fraction of sp³-hybridized carbons (Fsp3) is 0.222. The van der Waals surface area contributed by atoms with Crippen LogP contribution in [-0.2, 0) is 0 Å².